The van der Waals surface area contributed by atoms with Crippen LogP contribution in [0.3, 0.4) is 0 Å². The maximum Gasteiger partial charge on any atom is 0.179 e. The molecule has 0 aromatic heterocycles. The van der Waals surface area contributed by atoms with E-state index in [0.29, 0.717) is 25.7 Å². The number of hydrogen-bond acceptors (Lipinski definition) is 15. The first-order valence-electron chi connectivity index (χ1n) is 19.1. The van der Waals surface area contributed by atoms with E-state index < -0.39 is 120 Å². The molecular formula is C39H52O15. The van der Waals surface area contributed by atoms with Crippen LogP contribution in [0, 0.1) is 17.8 Å². The van der Waals surface area contributed by atoms with Gasteiger partial charge in [-0.2, -0.15) is 0 Å². The van der Waals surface area contributed by atoms with Crippen LogP contribution in [0.5, 0.6) is 5.75 Å². The predicted octanol–water partition coefficient (Wildman–Crippen LogP) is 2.86. The maximum absolute atomic E-state index is 13.8. The number of phenolic OH excluding ortho intramolecular Hbond substituents is 1. The zero-order chi connectivity index (χ0) is 38.8. The van der Waals surface area contributed by atoms with E-state index in [2.05, 4.69) is 0 Å². The summed E-state index contributed by atoms with van der Waals surface area (Å²) in [6, 6.07) is 4.04. The molecule has 4 fully saturated rings. The average Bonchev–Trinajstić information content (AvgIpc) is 3.12. The summed E-state index contributed by atoms with van der Waals surface area (Å²) in [4.78, 5) is 27.6. The Morgan fingerprint density at radius 2 is 1.43 bits per heavy atom. The first-order chi connectivity index (χ1) is 25.7. The molecule has 15 atom stereocenters. The number of hydrogen-bond donors (Lipinski definition) is 7. The van der Waals surface area contributed by atoms with Gasteiger partial charge in [0.1, 0.15) is 23.4 Å². The van der Waals surface area contributed by atoms with Gasteiger partial charge >= 0.3 is 0 Å². The van der Waals surface area contributed by atoms with Crippen LogP contribution in [0.15, 0.2) is 40.9 Å². The first-order valence-corrected chi connectivity index (χ1v) is 19.1. The minimum absolute atomic E-state index is 0.000175. The molecule has 6 aliphatic rings. The standard InChI is InChI=1S/C39H52O15/c1-5-39(48)14-25(31-30(20(39)15-40)36(46)32-33(37(31)47)35(45)29-19(34(32)44)7-6-8-22(29)42)53-26-12-10-24(17(3)50-26)52-28-13-23(43)38(18(4)51-28)54-27-11-9-21(41)16(2)49-27/h6-8,16-18,20-21,23-28,32-33,38,40-43,46-48H,5,9-15H2,1-4H3. The number of aliphatic hydroxyl groups excluding tert-OH is 5. The van der Waals surface area contributed by atoms with Gasteiger partial charge in [-0.25, -0.2) is 0 Å². The zero-order valence-electron chi connectivity index (χ0n) is 30.9. The third-order valence-electron chi connectivity index (χ3n) is 12.3. The highest BCUT2D eigenvalue weighted by atomic mass is 16.7. The molecule has 0 amide bonds. The number of aliphatic hydroxyl groups is 6. The normalized spacial score (nSPS) is 42.7. The molecule has 3 saturated heterocycles. The Hall–Kier alpha value is -2.96. The quantitative estimate of drug-likeness (QED) is 0.202. The molecule has 15 unspecified atom stereocenters. The summed E-state index contributed by atoms with van der Waals surface area (Å²) >= 11 is 0. The van der Waals surface area contributed by atoms with Gasteiger partial charge in [0.05, 0.1) is 72.3 Å². The van der Waals surface area contributed by atoms with Gasteiger partial charge in [0.25, 0.3) is 0 Å². The summed E-state index contributed by atoms with van der Waals surface area (Å²) in [5.41, 5.74) is -2.01. The van der Waals surface area contributed by atoms with Gasteiger partial charge in [0.15, 0.2) is 30.4 Å². The van der Waals surface area contributed by atoms with Crippen LogP contribution in [0.2, 0.25) is 0 Å². The van der Waals surface area contributed by atoms with Crippen molar-refractivity contribution in [3.8, 4) is 5.75 Å². The second-order valence-electron chi connectivity index (χ2n) is 15.6. The SMILES string of the molecule is CCC1(O)CC(OC2CCC(OC3CC(O)C(OC4CCC(O)C(C)O4)C(C)O3)C(C)O2)C2=C(O)C3C(=O)c4c(O)cccc4C(=O)C3C(O)=C2C1CO. The van der Waals surface area contributed by atoms with E-state index in [1.165, 1.54) is 18.2 Å². The molecule has 1 aromatic rings. The maximum atomic E-state index is 13.8. The number of aromatic hydroxyl groups is 1. The molecule has 7 N–H and O–H groups in total. The van der Waals surface area contributed by atoms with Crippen molar-refractivity contribution in [3.05, 3.63) is 52.0 Å². The van der Waals surface area contributed by atoms with Gasteiger partial charge in [0.2, 0.25) is 0 Å². The van der Waals surface area contributed by atoms with Crippen LogP contribution < -0.4 is 0 Å². The molecule has 15 nitrogen and oxygen atoms in total. The van der Waals surface area contributed by atoms with Crippen LogP contribution in [0.4, 0.5) is 0 Å². The minimum atomic E-state index is -1.62. The summed E-state index contributed by atoms with van der Waals surface area (Å²) in [7, 11) is 0. The monoisotopic (exact) mass is 760 g/mol. The first kappa shape index (κ1) is 39.3. The fourth-order valence-electron chi connectivity index (χ4n) is 9.22. The van der Waals surface area contributed by atoms with Gasteiger partial charge in [-0.1, -0.05) is 19.1 Å². The van der Waals surface area contributed by atoms with E-state index in [4.69, 9.17) is 28.4 Å². The Balaban J connectivity index is 1.06. The van der Waals surface area contributed by atoms with E-state index in [0.717, 1.165) is 0 Å². The molecule has 7 rings (SSSR count). The van der Waals surface area contributed by atoms with Crippen molar-refractivity contribution >= 4 is 11.6 Å². The molecule has 298 valence electrons. The molecule has 3 aliphatic heterocycles. The lowest BCUT2D eigenvalue weighted by Crippen LogP contribution is -2.55. The Labute approximate surface area is 313 Å². The molecule has 3 aliphatic carbocycles. The number of ketones is 2. The molecule has 54 heavy (non-hydrogen) atoms. The smallest absolute Gasteiger partial charge is 0.179 e. The van der Waals surface area contributed by atoms with E-state index in [1.54, 1.807) is 27.7 Å². The third-order valence-corrected chi connectivity index (χ3v) is 12.3. The van der Waals surface area contributed by atoms with Crippen molar-refractivity contribution in [3.63, 3.8) is 0 Å². The largest absolute Gasteiger partial charge is 0.511 e. The van der Waals surface area contributed by atoms with Crippen LogP contribution in [0.25, 0.3) is 0 Å². The number of Topliss-reactive ketones (excluding diaryl/α,β-unsaturated/α-hetero) is 2. The second-order valence-corrected chi connectivity index (χ2v) is 15.6. The van der Waals surface area contributed by atoms with Gasteiger partial charge in [0, 0.05) is 48.3 Å². The number of allylic oxidation sites excluding steroid dienone is 2. The molecule has 1 aromatic carbocycles. The van der Waals surface area contributed by atoms with Crippen molar-refractivity contribution in [2.24, 2.45) is 17.8 Å². The molecule has 3 heterocycles. The molecule has 0 spiro atoms. The fourth-order valence-corrected chi connectivity index (χ4v) is 9.22. The number of ether oxygens (including phenoxy) is 6. The molecule has 1 saturated carbocycles. The highest BCUT2D eigenvalue weighted by molar-refractivity contribution is 6.19. The lowest BCUT2D eigenvalue weighted by molar-refractivity contribution is -0.321. The van der Waals surface area contributed by atoms with Gasteiger partial charge < -0.3 is 64.2 Å². The average molecular weight is 761 g/mol. The topological polar surface area (TPSA) is 231 Å². The summed E-state index contributed by atoms with van der Waals surface area (Å²) in [6.45, 7) is 6.44. The Kier molecular flexibility index (Phi) is 11.0. The van der Waals surface area contributed by atoms with E-state index in [-0.39, 0.29) is 47.6 Å². The van der Waals surface area contributed by atoms with Crippen LogP contribution in [-0.2, 0) is 28.4 Å². The highest BCUT2D eigenvalue weighted by Gasteiger charge is 2.58. The van der Waals surface area contributed by atoms with Crippen molar-refractivity contribution in [2.75, 3.05) is 6.61 Å². The zero-order valence-corrected chi connectivity index (χ0v) is 30.9. The van der Waals surface area contributed by atoms with Crippen molar-refractivity contribution in [1.29, 1.82) is 0 Å². The number of phenols is 1. The number of carbonyl (C=O) groups excluding carboxylic acids is 2. The minimum Gasteiger partial charge on any atom is -0.511 e. The Bertz CT molecular complexity index is 1660. The molecule has 0 bridgehead atoms. The number of fused-ring (bicyclic) bond motifs is 3. The highest BCUT2D eigenvalue weighted by Crippen LogP contribution is 2.54. The summed E-state index contributed by atoms with van der Waals surface area (Å²) in [5.74, 6) is -7.11. The van der Waals surface area contributed by atoms with Crippen molar-refractivity contribution in [1.82, 2.24) is 0 Å². The Morgan fingerprint density at radius 3 is 2.09 bits per heavy atom. The van der Waals surface area contributed by atoms with E-state index >= 15 is 0 Å². The molecular weight excluding hydrogens is 708 g/mol. The van der Waals surface area contributed by atoms with Crippen molar-refractivity contribution < 1.29 is 73.8 Å². The number of benzene rings is 1. The van der Waals surface area contributed by atoms with Gasteiger partial charge in [-0.3, -0.25) is 9.59 Å². The third kappa shape index (κ3) is 6.80. The molecule has 0 radical (unpaired) electrons. The van der Waals surface area contributed by atoms with Gasteiger partial charge in [-0.15, -0.1) is 0 Å². The van der Waals surface area contributed by atoms with Crippen LogP contribution >= 0.6 is 0 Å². The number of carbonyl (C=O) groups is 2. The van der Waals surface area contributed by atoms with Crippen molar-refractivity contribution in [2.45, 2.75) is 146 Å². The lowest BCUT2D eigenvalue weighted by atomic mass is 9.60. The Morgan fingerprint density at radius 1 is 0.778 bits per heavy atom. The second kappa shape index (κ2) is 15.2. The lowest BCUT2D eigenvalue weighted by Gasteiger charge is -2.49. The van der Waals surface area contributed by atoms with E-state index in [9.17, 15) is 45.3 Å². The summed E-state index contributed by atoms with van der Waals surface area (Å²) in [6.07, 6.45) is -5.38. The summed E-state index contributed by atoms with van der Waals surface area (Å²) in [5, 5.41) is 77.5. The van der Waals surface area contributed by atoms with E-state index in [1.807, 2.05) is 0 Å². The van der Waals surface area contributed by atoms with Crippen LogP contribution in [-0.4, -0.2) is 127 Å². The summed E-state index contributed by atoms with van der Waals surface area (Å²) < 4.78 is 36.9. The fraction of sp³-hybridized carbons (Fsp3) is 0.692. The predicted molar refractivity (Wildman–Crippen MR) is 186 cm³/mol. The molecule has 15 heteroatoms. The number of rotatable bonds is 8. The van der Waals surface area contributed by atoms with Crippen LogP contribution in [0.1, 0.15) is 93.4 Å². The van der Waals surface area contributed by atoms with Gasteiger partial charge in [-0.05, 0) is 46.1 Å².